The van der Waals surface area contributed by atoms with Crippen LogP contribution in [0.5, 0.6) is 5.75 Å². The zero-order valence-corrected chi connectivity index (χ0v) is 15.9. The average molecular weight is 411 g/mol. The van der Waals surface area contributed by atoms with Gasteiger partial charge in [0.05, 0.1) is 34.4 Å². The van der Waals surface area contributed by atoms with Crippen LogP contribution in [0.2, 0.25) is 5.02 Å². The van der Waals surface area contributed by atoms with Crippen molar-refractivity contribution >= 4 is 46.6 Å². The molecule has 0 unspecified atom stereocenters. The number of thioether (sulfide) groups is 1. The molecule has 1 amide bonds. The number of hydrogen-bond acceptors (Lipinski definition) is 7. The zero-order valence-electron chi connectivity index (χ0n) is 14.4. The van der Waals surface area contributed by atoms with Gasteiger partial charge in [0.25, 0.3) is 11.6 Å². The van der Waals surface area contributed by atoms with E-state index in [1.54, 1.807) is 18.2 Å². The SMILES string of the molecule is COc1cc([N+](=O)[O-])ccc1NC(=O)COC(=O)c1cc(SC)ccc1Cl. The summed E-state index contributed by atoms with van der Waals surface area (Å²) in [6.07, 6.45) is 1.85. The Morgan fingerprint density at radius 1 is 1.26 bits per heavy atom. The first-order valence-corrected chi connectivity index (χ1v) is 9.09. The first-order valence-electron chi connectivity index (χ1n) is 7.48. The second-order valence-corrected chi connectivity index (χ2v) is 6.40. The van der Waals surface area contributed by atoms with Crippen LogP contribution < -0.4 is 10.1 Å². The van der Waals surface area contributed by atoms with Gasteiger partial charge in [-0.15, -0.1) is 11.8 Å². The van der Waals surface area contributed by atoms with Crippen LogP contribution in [0.4, 0.5) is 11.4 Å². The number of methoxy groups -OCH3 is 1. The summed E-state index contributed by atoms with van der Waals surface area (Å²) in [6.45, 7) is -0.557. The highest BCUT2D eigenvalue weighted by atomic mass is 35.5. The van der Waals surface area contributed by atoms with Crippen molar-refractivity contribution in [3.63, 3.8) is 0 Å². The van der Waals surface area contributed by atoms with E-state index < -0.39 is 23.4 Å². The minimum absolute atomic E-state index is 0.111. The number of esters is 1. The number of nitro groups is 1. The summed E-state index contributed by atoms with van der Waals surface area (Å²) >= 11 is 7.43. The van der Waals surface area contributed by atoms with Gasteiger partial charge in [-0.3, -0.25) is 14.9 Å². The first-order chi connectivity index (χ1) is 12.8. The molecule has 0 aromatic heterocycles. The molecule has 142 valence electrons. The molecule has 0 spiro atoms. The van der Waals surface area contributed by atoms with Crippen molar-refractivity contribution in [3.8, 4) is 5.75 Å². The molecule has 10 heteroatoms. The normalized spacial score (nSPS) is 10.2. The molecule has 0 aliphatic rings. The van der Waals surface area contributed by atoms with Crippen molar-refractivity contribution in [2.45, 2.75) is 4.90 Å². The summed E-state index contributed by atoms with van der Waals surface area (Å²) in [5, 5.41) is 13.5. The predicted molar refractivity (Wildman–Crippen MR) is 102 cm³/mol. The first kappa shape index (κ1) is 20.5. The van der Waals surface area contributed by atoms with E-state index in [2.05, 4.69) is 5.32 Å². The fourth-order valence-corrected chi connectivity index (χ4v) is 2.71. The second kappa shape index (κ2) is 9.24. The van der Waals surface area contributed by atoms with Gasteiger partial charge < -0.3 is 14.8 Å². The molecule has 0 radical (unpaired) electrons. The van der Waals surface area contributed by atoms with Crippen molar-refractivity contribution in [2.75, 3.05) is 25.3 Å². The topological polar surface area (TPSA) is 108 Å². The molecule has 8 nitrogen and oxygen atoms in total. The maximum atomic E-state index is 12.1. The standard InChI is InChI=1S/C17H15ClN2O6S/c1-25-15-7-10(20(23)24)3-6-14(15)19-16(21)9-26-17(22)12-8-11(27-2)4-5-13(12)18/h3-8H,9H2,1-2H3,(H,19,21). The van der Waals surface area contributed by atoms with Crippen LogP contribution in [0.15, 0.2) is 41.3 Å². The van der Waals surface area contributed by atoms with Gasteiger partial charge in [0.2, 0.25) is 0 Å². The predicted octanol–water partition coefficient (Wildman–Crippen LogP) is 3.77. The summed E-state index contributed by atoms with van der Waals surface area (Å²) < 4.78 is 10.0. The summed E-state index contributed by atoms with van der Waals surface area (Å²) in [7, 11) is 1.31. The molecule has 2 aromatic rings. The molecule has 0 saturated heterocycles. The van der Waals surface area contributed by atoms with Gasteiger partial charge in [-0.2, -0.15) is 0 Å². The number of amides is 1. The number of rotatable bonds is 7. The molecule has 1 N–H and O–H groups in total. The van der Waals surface area contributed by atoms with Crippen molar-refractivity contribution in [2.24, 2.45) is 0 Å². The molecule has 0 heterocycles. The van der Waals surface area contributed by atoms with E-state index in [0.29, 0.717) is 0 Å². The van der Waals surface area contributed by atoms with Gasteiger partial charge in [-0.25, -0.2) is 4.79 Å². The number of non-ortho nitro benzene ring substituents is 1. The van der Waals surface area contributed by atoms with Crippen molar-refractivity contribution in [1.82, 2.24) is 0 Å². The molecule has 0 fully saturated rings. The Morgan fingerprint density at radius 3 is 2.63 bits per heavy atom. The van der Waals surface area contributed by atoms with Crippen LogP contribution in [0.1, 0.15) is 10.4 Å². The second-order valence-electron chi connectivity index (χ2n) is 5.11. The summed E-state index contributed by atoms with van der Waals surface area (Å²) in [6, 6.07) is 8.64. The maximum Gasteiger partial charge on any atom is 0.340 e. The Labute approximate surface area is 163 Å². The monoisotopic (exact) mass is 410 g/mol. The highest BCUT2D eigenvalue weighted by molar-refractivity contribution is 7.98. The number of ether oxygens (including phenoxy) is 2. The minimum atomic E-state index is -0.735. The van der Waals surface area contributed by atoms with E-state index in [1.165, 1.54) is 37.1 Å². The third kappa shape index (κ3) is 5.35. The van der Waals surface area contributed by atoms with Crippen LogP contribution in [-0.4, -0.2) is 36.8 Å². The number of carbonyl (C=O) groups is 2. The molecule has 0 bridgehead atoms. The molecule has 0 aliphatic carbocycles. The number of benzene rings is 2. The van der Waals surface area contributed by atoms with E-state index >= 15 is 0 Å². The Balaban J connectivity index is 2.02. The molecule has 0 saturated carbocycles. The Kier molecular flexibility index (Phi) is 7.03. The van der Waals surface area contributed by atoms with Crippen LogP contribution >= 0.6 is 23.4 Å². The van der Waals surface area contributed by atoms with Crippen molar-refractivity contribution in [1.29, 1.82) is 0 Å². The van der Waals surface area contributed by atoms with E-state index in [-0.39, 0.29) is 27.7 Å². The molecule has 0 atom stereocenters. The van der Waals surface area contributed by atoms with Gasteiger partial charge in [0.1, 0.15) is 5.75 Å². The molecule has 2 rings (SSSR count). The lowest BCUT2D eigenvalue weighted by Gasteiger charge is -2.11. The maximum absolute atomic E-state index is 12.1. The molecule has 0 aliphatic heterocycles. The van der Waals surface area contributed by atoms with Crippen molar-refractivity contribution in [3.05, 3.63) is 57.1 Å². The van der Waals surface area contributed by atoms with Gasteiger partial charge in [-0.05, 0) is 30.5 Å². The number of nitrogens with zero attached hydrogens (tertiary/aromatic N) is 1. The van der Waals surface area contributed by atoms with Gasteiger partial charge >= 0.3 is 5.97 Å². The fourth-order valence-electron chi connectivity index (χ4n) is 2.08. The van der Waals surface area contributed by atoms with Crippen LogP contribution in [-0.2, 0) is 9.53 Å². The third-order valence-electron chi connectivity index (χ3n) is 3.40. The number of nitro benzene ring substituents is 1. The Hall–Kier alpha value is -2.78. The fraction of sp³-hybridized carbons (Fsp3) is 0.176. The largest absolute Gasteiger partial charge is 0.494 e. The summed E-state index contributed by atoms with van der Waals surface area (Å²) in [5.41, 5.74) is 0.190. The van der Waals surface area contributed by atoms with Gasteiger partial charge in [0, 0.05) is 11.0 Å². The number of halogens is 1. The van der Waals surface area contributed by atoms with E-state index in [1.807, 2.05) is 6.26 Å². The number of hydrogen-bond donors (Lipinski definition) is 1. The average Bonchev–Trinajstić information content (AvgIpc) is 2.66. The quantitative estimate of drug-likeness (QED) is 0.320. The lowest BCUT2D eigenvalue weighted by atomic mass is 10.2. The zero-order chi connectivity index (χ0) is 20.0. The van der Waals surface area contributed by atoms with Crippen LogP contribution in [0, 0.1) is 10.1 Å². The van der Waals surface area contributed by atoms with E-state index in [0.717, 1.165) is 4.90 Å². The number of nitrogens with one attached hydrogen (secondary N) is 1. The molecular formula is C17H15ClN2O6S. The molecule has 2 aromatic carbocycles. The van der Waals surface area contributed by atoms with Gasteiger partial charge in [0.15, 0.2) is 6.61 Å². The third-order valence-corrected chi connectivity index (χ3v) is 4.45. The summed E-state index contributed by atoms with van der Waals surface area (Å²) in [5.74, 6) is -1.26. The van der Waals surface area contributed by atoms with E-state index in [4.69, 9.17) is 21.1 Å². The lowest BCUT2D eigenvalue weighted by Crippen LogP contribution is -2.21. The highest BCUT2D eigenvalue weighted by Crippen LogP contribution is 2.29. The Bertz CT molecular complexity index is 890. The number of carbonyl (C=O) groups excluding carboxylic acids is 2. The summed E-state index contributed by atoms with van der Waals surface area (Å²) in [4.78, 5) is 35.2. The van der Waals surface area contributed by atoms with Crippen LogP contribution in [0.25, 0.3) is 0 Å². The van der Waals surface area contributed by atoms with Gasteiger partial charge in [-0.1, -0.05) is 11.6 Å². The molecular weight excluding hydrogens is 396 g/mol. The molecule has 27 heavy (non-hydrogen) atoms. The van der Waals surface area contributed by atoms with Crippen molar-refractivity contribution < 1.29 is 24.0 Å². The smallest absolute Gasteiger partial charge is 0.340 e. The number of anilines is 1. The highest BCUT2D eigenvalue weighted by Gasteiger charge is 2.17. The minimum Gasteiger partial charge on any atom is -0.494 e. The Morgan fingerprint density at radius 2 is 2.00 bits per heavy atom. The van der Waals surface area contributed by atoms with E-state index in [9.17, 15) is 19.7 Å². The lowest BCUT2D eigenvalue weighted by molar-refractivity contribution is -0.384. The van der Waals surface area contributed by atoms with Crippen LogP contribution in [0.3, 0.4) is 0 Å².